The third kappa shape index (κ3) is 3.23. The third-order valence-electron chi connectivity index (χ3n) is 4.12. The van der Waals surface area contributed by atoms with Crippen LogP contribution in [0.1, 0.15) is 0 Å². The van der Waals surface area contributed by atoms with Gasteiger partial charge in [0.15, 0.2) is 5.82 Å². The number of aromatic nitrogens is 2. The van der Waals surface area contributed by atoms with Crippen molar-refractivity contribution in [1.82, 2.24) is 9.78 Å². The number of nitrogens with zero attached hydrogens (tertiary/aromatic N) is 3. The molecule has 2 N–H and O–H groups in total. The van der Waals surface area contributed by atoms with E-state index in [1.165, 1.54) is 4.90 Å². The summed E-state index contributed by atoms with van der Waals surface area (Å²) in [7, 11) is 0. The van der Waals surface area contributed by atoms with Crippen LogP contribution in [0, 0.1) is 0 Å². The number of benzene rings is 3. The molecule has 0 saturated heterocycles. The van der Waals surface area contributed by atoms with Gasteiger partial charge in [-0.2, -0.15) is 5.10 Å². The molecule has 0 aliphatic carbocycles. The molecule has 3 aromatic carbocycles. The minimum atomic E-state index is -0.641. The van der Waals surface area contributed by atoms with E-state index in [1.54, 1.807) is 41.1 Å². The lowest BCUT2D eigenvalue weighted by Crippen LogP contribution is -2.33. The Balaban J connectivity index is 2.02. The smallest absolute Gasteiger partial charge is 0.325 e. The maximum atomic E-state index is 12.4. The van der Waals surface area contributed by atoms with E-state index in [9.17, 15) is 4.79 Å². The first-order valence-electron chi connectivity index (χ1n) is 8.13. The molecule has 0 aliphatic heterocycles. The number of carbonyl (C=O) groups is 1. The van der Waals surface area contributed by atoms with Crippen molar-refractivity contribution >= 4 is 51.6 Å². The van der Waals surface area contributed by atoms with E-state index < -0.39 is 6.03 Å². The number of rotatable bonds is 3. The van der Waals surface area contributed by atoms with Crippen molar-refractivity contribution in [1.29, 1.82) is 0 Å². The summed E-state index contributed by atoms with van der Waals surface area (Å²) in [5.41, 5.74) is 7.79. The molecule has 1 aromatic heterocycles. The Hall–Kier alpha value is -3.02. The van der Waals surface area contributed by atoms with Gasteiger partial charge in [0.05, 0.1) is 16.9 Å². The van der Waals surface area contributed by atoms with Gasteiger partial charge >= 0.3 is 6.03 Å². The van der Waals surface area contributed by atoms with Crippen molar-refractivity contribution in [3.63, 3.8) is 0 Å². The van der Waals surface area contributed by atoms with Crippen molar-refractivity contribution in [2.24, 2.45) is 5.73 Å². The number of urea groups is 1. The number of primary amides is 1. The van der Waals surface area contributed by atoms with Gasteiger partial charge in [0.25, 0.3) is 0 Å². The Morgan fingerprint density at radius 3 is 2.37 bits per heavy atom. The van der Waals surface area contributed by atoms with Crippen LogP contribution in [-0.4, -0.2) is 15.8 Å². The van der Waals surface area contributed by atoms with E-state index in [-0.39, 0.29) is 0 Å². The predicted molar refractivity (Wildman–Crippen MR) is 109 cm³/mol. The molecule has 0 atom stereocenters. The molecule has 0 bridgehead atoms. The minimum absolute atomic E-state index is 0.501. The van der Waals surface area contributed by atoms with Crippen LogP contribution in [0.3, 0.4) is 0 Å². The van der Waals surface area contributed by atoms with Crippen molar-refractivity contribution in [3.8, 4) is 5.69 Å². The number of fused-ring (bicyclic) bond motifs is 1. The van der Waals surface area contributed by atoms with Crippen molar-refractivity contribution < 1.29 is 4.79 Å². The van der Waals surface area contributed by atoms with E-state index in [1.807, 2.05) is 36.4 Å². The summed E-state index contributed by atoms with van der Waals surface area (Å²) < 4.78 is 1.67. The lowest BCUT2D eigenvalue weighted by Gasteiger charge is -2.22. The quantitative estimate of drug-likeness (QED) is 0.493. The second-order valence-corrected chi connectivity index (χ2v) is 6.76. The Kier molecular flexibility index (Phi) is 4.48. The summed E-state index contributed by atoms with van der Waals surface area (Å²) in [6.07, 6.45) is 0. The van der Waals surface area contributed by atoms with E-state index in [0.717, 1.165) is 16.6 Å². The summed E-state index contributed by atoms with van der Waals surface area (Å²) in [5.74, 6) is 0.530. The number of hydrogen-bond donors (Lipinski definition) is 1. The van der Waals surface area contributed by atoms with Crippen LogP contribution < -0.4 is 10.6 Å². The highest BCUT2D eigenvalue weighted by atomic mass is 35.5. The molecule has 4 aromatic rings. The fourth-order valence-electron chi connectivity index (χ4n) is 2.97. The van der Waals surface area contributed by atoms with Crippen molar-refractivity contribution in [2.75, 3.05) is 4.90 Å². The molecule has 0 radical (unpaired) electrons. The van der Waals surface area contributed by atoms with Gasteiger partial charge in [0, 0.05) is 15.4 Å². The normalized spacial score (nSPS) is 10.9. The van der Waals surface area contributed by atoms with E-state index in [0.29, 0.717) is 21.6 Å². The molecule has 27 heavy (non-hydrogen) atoms. The molecular formula is C20H14Cl2N4O. The molecule has 134 valence electrons. The summed E-state index contributed by atoms with van der Waals surface area (Å²) in [5, 5.41) is 6.55. The zero-order chi connectivity index (χ0) is 19.0. The number of nitrogens with two attached hydrogens (primary N) is 1. The molecule has 1 heterocycles. The molecule has 4 rings (SSSR count). The first-order valence-corrected chi connectivity index (χ1v) is 8.89. The van der Waals surface area contributed by atoms with Crippen LogP contribution in [0.25, 0.3) is 16.6 Å². The molecule has 2 amide bonds. The summed E-state index contributed by atoms with van der Waals surface area (Å²) >= 11 is 12.1. The topological polar surface area (TPSA) is 64.2 Å². The summed E-state index contributed by atoms with van der Waals surface area (Å²) in [6.45, 7) is 0. The van der Waals surface area contributed by atoms with Gasteiger partial charge in [0.2, 0.25) is 0 Å². The van der Waals surface area contributed by atoms with Crippen LogP contribution in [0.15, 0.2) is 72.8 Å². The number of anilines is 2. The molecule has 0 fully saturated rings. The zero-order valence-corrected chi connectivity index (χ0v) is 15.5. The average molecular weight is 397 g/mol. The highest BCUT2D eigenvalue weighted by Gasteiger charge is 2.24. The monoisotopic (exact) mass is 396 g/mol. The van der Waals surface area contributed by atoms with Gasteiger partial charge in [-0.1, -0.05) is 41.4 Å². The number of halogens is 2. The summed E-state index contributed by atoms with van der Waals surface area (Å²) in [4.78, 5) is 13.8. The molecule has 0 spiro atoms. The fraction of sp³-hybridized carbons (Fsp3) is 0. The third-order valence-corrected chi connectivity index (χ3v) is 4.61. The van der Waals surface area contributed by atoms with Crippen LogP contribution >= 0.6 is 23.2 Å². The second kappa shape index (κ2) is 6.95. The highest BCUT2D eigenvalue weighted by molar-refractivity contribution is 6.31. The van der Waals surface area contributed by atoms with Gasteiger partial charge < -0.3 is 5.73 Å². The first-order chi connectivity index (χ1) is 13.0. The van der Waals surface area contributed by atoms with Gasteiger partial charge in [-0.25, -0.2) is 14.4 Å². The number of hydrogen-bond acceptors (Lipinski definition) is 2. The maximum Gasteiger partial charge on any atom is 0.325 e. The Labute approximate surface area is 165 Å². The predicted octanol–water partition coefficient (Wildman–Crippen LogP) is 5.55. The average Bonchev–Trinajstić information content (AvgIpc) is 3.02. The Bertz CT molecular complexity index is 1140. The SMILES string of the molecule is NC(=O)N(c1cccc(Cl)c1)c1c2ccccc2nn1-c1ccc(Cl)cc1. The lowest BCUT2D eigenvalue weighted by atomic mass is 10.2. The lowest BCUT2D eigenvalue weighted by molar-refractivity contribution is 0.256. The minimum Gasteiger partial charge on any atom is -0.351 e. The van der Waals surface area contributed by atoms with E-state index in [2.05, 4.69) is 5.10 Å². The van der Waals surface area contributed by atoms with Gasteiger partial charge in [-0.3, -0.25) is 0 Å². The fourth-order valence-corrected chi connectivity index (χ4v) is 3.28. The molecular weight excluding hydrogens is 383 g/mol. The Morgan fingerprint density at radius 1 is 0.926 bits per heavy atom. The molecule has 5 nitrogen and oxygen atoms in total. The largest absolute Gasteiger partial charge is 0.351 e. The molecule has 0 unspecified atom stereocenters. The van der Waals surface area contributed by atoms with Crippen molar-refractivity contribution in [3.05, 3.63) is 82.8 Å². The van der Waals surface area contributed by atoms with Crippen LogP contribution in [0.2, 0.25) is 10.0 Å². The van der Waals surface area contributed by atoms with Gasteiger partial charge in [-0.15, -0.1) is 0 Å². The molecule has 7 heteroatoms. The Morgan fingerprint density at radius 2 is 1.67 bits per heavy atom. The standard InChI is InChI=1S/C20H14Cl2N4O/c21-13-8-10-15(11-9-13)26-19(17-6-1-2-7-18(17)24-26)25(20(23)27)16-5-3-4-14(22)12-16/h1-12H,(H2,23,27). The van der Waals surface area contributed by atoms with E-state index in [4.69, 9.17) is 28.9 Å². The summed E-state index contributed by atoms with van der Waals surface area (Å²) in [6, 6.07) is 21.0. The van der Waals surface area contributed by atoms with Crippen LogP contribution in [-0.2, 0) is 0 Å². The molecule has 0 aliphatic rings. The highest BCUT2D eigenvalue weighted by Crippen LogP contribution is 2.35. The maximum absolute atomic E-state index is 12.4. The van der Waals surface area contributed by atoms with Crippen molar-refractivity contribution in [2.45, 2.75) is 0 Å². The second-order valence-electron chi connectivity index (χ2n) is 5.88. The number of carbonyl (C=O) groups excluding carboxylic acids is 1. The van der Waals surface area contributed by atoms with E-state index >= 15 is 0 Å². The van der Waals surface area contributed by atoms with Crippen LogP contribution in [0.4, 0.5) is 16.3 Å². The zero-order valence-electron chi connectivity index (χ0n) is 14.0. The van der Waals surface area contributed by atoms with Gasteiger partial charge in [-0.05, 0) is 54.6 Å². The van der Waals surface area contributed by atoms with Gasteiger partial charge in [0.1, 0.15) is 0 Å². The number of amides is 2. The van der Waals surface area contributed by atoms with Crippen LogP contribution in [0.5, 0.6) is 0 Å². The molecule has 0 saturated carbocycles. The first kappa shape index (κ1) is 17.4.